The zero-order valence-electron chi connectivity index (χ0n) is 11.3. The number of aromatic nitrogens is 1. The first-order valence-electron chi connectivity index (χ1n) is 6.19. The summed E-state index contributed by atoms with van der Waals surface area (Å²) in [6.07, 6.45) is 0. The second kappa shape index (κ2) is 5.56. The molecule has 0 aliphatic rings. The summed E-state index contributed by atoms with van der Waals surface area (Å²) < 4.78 is 4.92. The first-order valence-corrected chi connectivity index (χ1v) is 6.19. The van der Waals surface area contributed by atoms with Gasteiger partial charge in [-0.1, -0.05) is 16.8 Å². The number of amides is 1. The van der Waals surface area contributed by atoms with E-state index in [0.717, 1.165) is 17.8 Å². The molecular formula is C14H17N3O2. The molecule has 0 saturated heterocycles. The van der Waals surface area contributed by atoms with Crippen LogP contribution < -0.4 is 10.6 Å². The molecule has 2 N–H and O–H groups in total. The third-order valence-electron chi connectivity index (χ3n) is 2.66. The maximum absolute atomic E-state index is 12.2. The molecule has 2 aromatic rings. The maximum Gasteiger partial charge on any atom is 0.259 e. The van der Waals surface area contributed by atoms with Crippen LogP contribution in [0, 0.1) is 13.8 Å². The molecule has 0 bridgehead atoms. The van der Waals surface area contributed by atoms with Crippen LogP contribution in [-0.4, -0.2) is 17.6 Å². The third-order valence-corrected chi connectivity index (χ3v) is 2.66. The van der Waals surface area contributed by atoms with Crippen molar-refractivity contribution in [3.05, 3.63) is 41.2 Å². The Kier molecular flexibility index (Phi) is 3.85. The summed E-state index contributed by atoms with van der Waals surface area (Å²) in [5, 5.41) is 9.64. The molecule has 5 nitrogen and oxygen atoms in total. The Morgan fingerprint density at radius 3 is 2.74 bits per heavy atom. The molecule has 1 amide bonds. The van der Waals surface area contributed by atoms with Crippen molar-refractivity contribution in [1.82, 2.24) is 5.16 Å². The van der Waals surface area contributed by atoms with Crippen LogP contribution in [0.25, 0.3) is 0 Å². The lowest BCUT2D eigenvalue weighted by molar-refractivity contribution is 0.102. The molecule has 1 aromatic heterocycles. The highest BCUT2D eigenvalue weighted by Gasteiger charge is 2.13. The van der Waals surface area contributed by atoms with Crippen molar-refractivity contribution in [3.8, 4) is 0 Å². The van der Waals surface area contributed by atoms with Gasteiger partial charge in [0.15, 0.2) is 5.82 Å². The minimum absolute atomic E-state index is 0.201. The molecule has 0 atom stereocenters. The van der Waals surface area contributed by atoms with Gasteiger partial charge < -0.3 is 15.2 Å². The molecule has 2 rings (SSSR count). The number of nitrogens with one attached hydrogen (secondary N) is 2. The lowest BCUT2D eigenvalue weighted by atomic mass is 10.1. The molecule has 0 aliphatic heterocycles. The van der Waals surface area contributed by atoms with E-state index in [4.69, 9.17) is 4.52 Å². The number of rotatable bonds is 4. The normalized spacial score (nSPS) is 10.3. The van der Waals surface area contributed by atoms with Gasteiger partial charge in [-0.25, -0.2) is 0 Å². The number of benzene rings is 1. The predicted octanol–water partition coefficient (Wildman–Crippen LogP) is 2.98. The minimum Gasteiger partial charge on any atom is -0.385 e. The van der Waals surface area contributed by atoms with Gasteiger partial charge in [-0.3, -0.25) is 4.79 Å². The van der Waals surface area contributed by atoms with Crippen LogP contribution in [0.4, 0.5) is 11.5 Å². The van der Waals surface area contributed by atoms with E-state index in [2.05, 4.69) is 15.8 Å². The van der Waals surface area contributed by atoms with Crippen LogP contribution in [0.1, 0.15) is 28.6 Å². The molecule has 1 aromatic carbocycles. The van der Waals surface area contributed by atoms with E-state index in [1.165, 1.54) is 0 Å². The molecule has 0 fully saturated rings. The second-order valence-corrected chi connectivity index (χ2v) is 4.36. The molecule has 0 radical (unpaired) electrons. The van der Waals surface area contributed by atoms with Gasteiger partial charge in [-0.05, 0) is 32.9 Å². The van der Waals surface area contributed by atoms with Gasteiger partial charge in [0.1, 0.15) is 5.76 Å². The number of anilines is 2. The van der Waals surface area contributed by atoms with E-state index in [1.54, 1.807) is 13.0 Å². The topological polar surface area (TPSA) is 67.2 Å². The molecule has 5 heteroatoms. The number of nitrogens with zero attached hydrogens (tertiary/aromatic N) is 1. The standard InChI is InChI=1S/C14H17N3O2/c1-4-15-12-6-5-9(2)7-11(12)14(18)16-13-8-10(3)19-17-13/h5-8,15H,4H2,1-3H3,(H,16,17,18). The summed E-state index contributed by atoms with van der Waals surface area (Å²) >= 11 is 0. The number of carbonyl (C=O) groups excluding carboxylic acids is 1. The van der Waals surface area contributed by atoms with Crippen molar-refractivity contribution in [1.29, 1.82) is 0 Å². The minimum atomic E-state index is -0.201. The monoisotopic (exact) mass is 259 g/mol. The van der Waals surface area contributed by atoms with Crippen LogP contribution in [0.3, 0.4) is 0 Å². The van der Waals surface area contributed by atoms with Crippen molar-refractivity contribution in [2.24, 2.45) is 0 Å². The highest BCUT2D eigenvalue weighted by atomic mass is 16.5. The SMILES string of the molecule is CCNc1ccc(C)cc1C(=O)Nc1cc(C)on1. The van der Waals surface area contributed by atoms with Crippen LogP contribution in [0.5, 0.6) is 0 Å². The highest BCUT2D eigenvalue weighted by Crippen LogP contribution is 2.19. The Balaban J connectivity index is 2.24. The van der Waals surface area contributed by atoms with E-state index < -0.39 is 0 Å². The van der Waals surface area contributed by atoms with E-state index in [9.17, 15) is 4.79 Å². The number of aryl methyl sites for hydroxylation is 2. The van der Waals surface area contributed by atoms with Gasteiger partial charge in [-0.2, -0.15) is 0 Å². The predicted molar refractivity (Wildman–Crippen MR) is 74.5 cm³/mol. The first-order chi connectivity index (χ1) is 9.10. The lowest BCUT2D eigenvalue weighted by Crippen LogP contribution is -2.15. The molecule has 0 spiro atoms. The summed E-state index contributed by atoms with van der Waals surface area (Å²) in [6, 6.07) is 7.40. The summed E-state index contributed by atoms with van der Waals surface area (Å²) in [4.78, 5) is 12.2. The van der Waals surface area contributed by atoms with Gasteiger partial charge in [0.25, 0.3) is 5.91 Å². The molecular weight excluding hydrogens is 242 g/mol. The molecule has 100 valence electrons. The van der Waals surface area contributed by atoms with Crippen molar-refractivity contribution < 1.29 is 9.32 Å². The Morgan fingerprint density at radius 1 is 1.32 bits per heavy atom. The summed E-state index contributed by atoms with van der Waals surface area (Å²) in [7, 11) is 0. The number of hydrogen-bond donors (Lipinski definition) is 2. The number of hydrogen-bond acceptors (Lipinski definition) is 4. The zero-order chi connectivity index (χ0) is 13.8. The van der Waals surface area contributed by atoms with Crippen molar-refractivity contribution in [2.75, 3.05) is 17.2 Å². The average molecular weight is 259 g/mol. The van der Waals surface area contributed by atoms with Gasteiger partial charge in [0, 0.05) is 18.3 Å². The van der Waals surface area contributed by atoms with E-state index in [0.29, 0.717) is 17.1 Å². The van der Waals surface area contributed by atoms with Crippen LogP contribution >= 0.6 is 0 Å². The smallest absolute Gasteiger partial charge is 0.259 e. The van der Waals surface area contributed by atoms with E-state index in [-0.39, 0.29) is 5.91 Å². The Bertz CT molecular complexity index is 590. The third kappa shape index (κ3) is 3.13. The summed E-state index contributed by atoms with van der Waals surface area (Å²) in [5.74, 6) is 0.880. The molecule has 0 aliphatic carbocycles. The van der Waals surface area contributed by atoms with Gasteiger partial charge >= 0.3 is 0 Å². The summed E-state index contributed by atoms with van der Waals surface area (Å²) in [6.45, 7) is 6.47. The molecule has 0 saturated carbocycles. The molecule has 19 heavy (non-hydrogen) atoms. The van der Waals surface area contributed by atoms with Gasteiger partial charge in [-0.15, -0.1) is 0 Å². The molecule has 1 heterocycles. The van der Waals surface area contributed by atoms with E-state index >= 15 is 0 Å². The molecule has 0 unspecified atom stereocenters. The Hall–Kier alpha value is -2.30. The number of carbonyl (C=O) groups is 1. The van der Waals surface area contributed by atoms with Gasteiger partial charge in [0.05, 0.1) is 5.56 Å². The largest absolute Gasteiger partial charge is 0.385 e. The lowest BCUT2D eigenvalue weighted by Gasteiger charge is -2.10. The first kappa shape index (κ1) is 13.1. The van der Waals surface area contributed by atoms with Crippen molar-refractivity contribution in [2.45, 2.75) is 20.8 Å². The maximum atomic E-state index is 12.2. The highest BCUT2D eigenvalue weighted by molar-refractivity contribution is 6.07. The van der Waals surface area contributed by atoms with Gasteiger partial charge in [0.2, 0.25) is 0 Å². The van der Waals surface area contributed by atoms with Crippen molar-refractivity contribution >= 4 is 17.4 Å². The Morgan fingerprint density at radius 2 is 2.11 bits per heavy atom. The zero-order valence-corrected chi connectivity index (χ0v) is 11.3. The second-order valence-electron chi connectivity index (χ2n) is 4.36. The quantitative estimate of drug-likeness (QED) is 0.885. The average Bonchev–Trinajstić information content (AvgIpc) is 2.77. The fourth-order valence-electron chi connectivity index (χ4n) is 1.80. The fourth-order valence-corrected chi connectivity index (χ4v) is 1.80. The van der Waals surface area contributed by atoms with E-state index in [1.807, 2.05) is 32.0 Å². The Labute approximate surface area is 112 Å². The summed E-state index contributed by atoms with van der Waals surface area (Å²) in [5.41, 5.74) is 2.44. The van der Waals surface area contributed by atoms with Crippen LogP contribution in [-0.2, 0) is 0 Å². The van der Waals surface area contributed by atoms with Crippen molar-refractivity contribution in [3.63, 3.8) is 0 Å². The van der Waals surface area contributed by atoms with Crippen LogP contribution in [0.2, 0.25) is 0 Å². The van der Waals surface area contributed by atoms with Crippen LogP contribution in [0.15, 0.2) is 28.8 Å². The fraction of sp³-hybridized carbons (Fsp3) is 0.286.